The van der Waals surface area contributed by atoms with Crippen molar-refractivity contribution in [2.45, 2.75) is 13.3 Å². The number of carbonyl (C=O) groups is 1. The molecule has 2 aromatic rings. The molecule has 0 saturated carbocycles. The average molecular weight is 323 g/mol. The summed E-state index contributed by atoms with van der Waals surface area (Å²) in [6, 6.07) is 13.4. The molecule has 2 heterocycles. The summed E-state index contributed by atoms with van der Waals surface area (Å²) in [5.74, 6) is 2.31. The summed E-state index contributed by atoms with van der Waals surface area (Å²) in [5, 5.41) is 8.98. The third kappa shape index (κ3) is 2.78. The zero-order chi connectivity index (χ0) is 16.5. The number of rotatable bonds is 4. The van der Waals surface area contributed by atoms with Gasteiger partial charge in [-0.05, 0) is 31.2 Å². The van der Waals surface area contributed by atoms with Crippen LogP contribution in [0.2, 0.25) is 0 Å². The SMILES string of the molecule is CC1=NN(CCOc2ccc3c(c2)Nc2ccccc2O3)C(=O)C1. The summed E-state index contributed by atoms with van der Waals surface area (Å²) < 4.78 is 11.6. The molecule has 4 rings (SSSR count). The Morgan fingerprint density at radius 2 is 2.04 bits per heavy atom. The average Bonchev–Trinajstić information content (AvgIpc) is 2.90. The van der Waals surface area contributed by atoms with Gasteiger partial charge in [0.15, 0.2) is 11.5 Å². The van der Waals surface area contributed by atoms with Crippen LogP contribution < -0.4 is 14.8 Å². The highest BCUT2D eigenvalue weighted by Gasteiger charge is 2.21. The second-order valence-electron chi connectivity index (χ2n) is 5.76. The Morgan fingerprint density at radius 1 is 1.21 bits per heavy atom. The fourth-order valence-corrected chi connectivity index (χ4v) is 2.74. The van der Waals surface area contributed by atoms with Crippen molar-refractivity contribution >= 4 is 23.0 Å². The lowest BCUT2D eigenvalue weighted by Crippen LogP contribution is -2.26. The van der Waals surface area contributed by atoms with Crippen LogP contribution in [0.1, 0.15) is 13.3 Å². The summed E-state index contributed by atoms with van der Waals surface area (Å²) in [5.41, 5.74) is 2.63. The van der Waals surface area contributed by atoms with Gasteiger partial charge in [-0.3, -0.25) is 4.79 Å². The maximum absolute atomic E-state index is 11.7. The van der Waals surface area contributed by atoms with Crippen LogP contribution in [0.4, 0.5) is 11.4 Å². The minimum absolute atomic E-state index is 0.0215. The lowest BCUT2D eigenvalue weighted by molar-refractivity contribution is -0.129. The first kappa shape index (κ1) is 14.6. The van der Waals surface area contributed by atoms with Crippen LogP contribution in [0.25, 0.3) is 0 Å². The van der Waals surface area contributed by atoms with E-state index in [1.54, 1.807) is 0 Å². The number of fused-ring (bicyclic) bond motifs is 2. The van der Waals surface area contributed by atoms with Crippen molar-refractivity contribution < 1.29 is 14.3 Å². The number of carbonyl (C=O) groups excluding carboxylic acids is 1. The Hall–Kier alpha value is -3.02. The summed E-state index contributed by atoms with van der Waals surface area (Å²) in [4.78, 5) is 11.7. The summed E-state index contributed by atoms with van der Waals surface area (Å²) in [6.07, 6.45) is 0.402. The first-order valence-corrected chi connectivity index (χ1v) is 7.84. The molecule has 0 radical (unpaired) electrons. The maximum atomic E-state index is 11.7. The number of hydrazone groups is 1. The first-order valence-electron chi connectivity index (χ1n) is 7.84. The second-order valence-corrected chi connectivity index (χ2v) is 5.76. The third-order valence-electron chi connectivity index (χ3n) is 3.89. The lowest BCUT2D eigenvalue weighted by Gasteiger charge is -2.22. The van der Waals surface area contributed by atoms with Gasteiger partial charge in [0.2, 0.25) is 5.91 Å². The van der Waals surface area contributed by atoms with Crippen LogP contribution in [0.5, 0.6) is 17.2 Å². The monoisotopic (exact) mass is 323 g/mol. The highest BCUT2D eigenvalue weighted by atomic mass is 16.5. The van der Waals surface area contributed by atoms with E-state index in [1.165, 1.54) is 5.01 Å². The minimum atomic E-state index is 0.0215. The molecule has 0 spiro atoms. The lowest BCUT2D eigenvalue weighted by atomic mass is 10.2. The summed E-state index contributed by atoms with van der Waals surface area (Å²) in [7, 11) is 0. The largest absolute Gasteiger partial charge is 0.492 e. The van der Waals surface area contributed by atoms with Crippen LogP contribution in [-0.2, 0) is 4.79 Å². The van der Waals surface area contributed by atoms with Crippen LogP contribution >= 0.6 is 0 Å². The Bertz CT molecular complexity index is 832. The number of ether oxygens (including phenoxy) is 2. The molecule has 6 heteroatoms. The van der Waals surface area contributed by atoms with Crippen molar-refractivity contribution in [3.63, 3.8) is 0 Å². The number of para-hydroxylation sites is 2. The van der Waals surface area contributed by atoms with E-state index in [-0.39, 0.29) is 5.91 Å². The van der Waals surface area contributed by atoms with Crippen molar-refractivity contribution in [1.82, 2.24) is 5.01 Å². The van der Waals surface area contributed by atoms with Gasteiger partial charge in [0.05, 0.1) is 24.3 Å². The standard InChI is InChI=1S/C18H17N3O3/c1-12-10-18(22)21(20-12)8-9-23-13-6-7-17-15(11-13)19-14-4-2-3-5-16(14)24-17/h2-7,11,19H,8-10H2,1H3. The number of nitrogens with one attached hydrogen (secondary N) is 1. The number of nitrogens with zero attached hydrogens (tertiary/aromatic N) is 2. The van der Waals surface area contributed by atoms with Crippen LogP contribution in [-0.4, -0.2) is 29.8 Å². The normalized spacial score (nSPS) is 15.1. The summed E-state index contributed by atoms with van der Waals surface area (Å²) >= 11 is 0. The van der Waals surface area contributed by atoms with Gasteiger partial charge < -0.3 is 14.8 Å². The molecule has 0 fully saturated rings. The number of amides is 1. The molecule has 2 aromatic carbocycles. The molecule has 1 N–H and O–H groups in total. The van der Waals surface area contributed by atoms with Gasteiger partial charge in [0.1, 0.15) is 12.4 Å². The molecule has 0 saturated heterocycles. The van der Waals surface area contributed by atoms with E-state index in [4.69, 9.17) is 9.47 Å². The molecule has 1 amide bonds. The van der Waals surface area contributed by atoms with Gasteiger partial charge in [0.25, 0.3) is 0 Å². The van der Waals surface area contributed by atoms with E-state index >= 15 is 0 Å². The second kappa shape index (κ2) is 5.88. The Kier molecular flexibility index (Phi) is 3.57. The number of hydrogen-bond acceptors (Lipinski definition) is 5. The van der Waals surface area contributed by atoms with E-state index in [0.29, 0.717) is 19.6 Å². The number of anilines is 2. The zero-order valence-electron chi connectivity index (χ0n) is 13.3. The first-order chi connectivity index (χ1) is 11.7. The number of hydrogen-bond donors (Lipinski definition) is 1. The summed E-state index contributed by atoms with van der Waals surface area (Å²) in [6.45, 7) is 2.69. The molecule has 0 bridgehead atoms. The molecule has 2 aliphatic rings. The van der Waals surface area contributed by atoms with Gasteiger partial charge in [-0.2, -0.15) is 5.10 Å². The molecule has 0 atom stereocenters. The number of benzene rings is 2. The molecule has 2 aliphatic heterocycles. The zero-order valence-corrected chi connectivity index (χ0v) is 13.3. The van der Waals surface area contributed by atoms with E-state index in [1.807, 2.05) is 49.4 Å². The van der Waals surface area contributed by atoms with E-state index in [2.05, 4.69) is 10.4 Å². The smallest absolute Gasteiger partial charge is 0.248 e. The van der Waals surface area contributed by atoms with Gasteiger partial charge in [0, 0.05) is 11.8 Å². The van der Waals surface area contributed by atoms with Crippen molar-refractivity contribution in [2.24, 2.45) is 5.10 Å². The van der Waals surface area contributed by atoms with Gasteiger partial charge in [-0.25, -0.2) is 5.01 Å². The van der Waals surface area contributed by atoms with Crippen LogP contribution in [0, 0.1) is 0 Å². The van der Waals surface area contributed by atoms with E-state index in [9.17, 15) is 4.79 Å². The van der Waals surface area contributed by atoms with Crippen molar-refractivity contribution in [1.29, 1.82) is 0 Å². The predicted octanol–water partition coefficient (Wildman–Crippen LogP) is 3.52. The van der Waals surface area contributed by atoms with Gasteiger partial charge in [-0.1, -0.05) is 12.1 Å². The van der Waals surface area contributed by atoms with Gasteiger partial charge in [-0.15, -0.1) is 0 Å². The molecule has 6 nitrogen and oxygen atoms in total. The van der Waals surface area contributed by atoms with Crippen LogP contribution in [0.15, 0.2) is 47.6 Å². The molecule has 122 valence electrons. The highest BCUT2D eigenvalue weighted by molar-refractivity contribution is 6.03. The van der Waals surface area contributed by atoms with Crippen LogP contribution in [0.3, 0.4) is 0 Å². The fraction of sp³-hybridized carbons (Fsp3) is 0.222. The van der Waals surface area contributed by atoms with Crippen molar-refractivity contribution in [3.05, 3.63) is 42.5 Å². The molecule has 0 aromatic heterocycles. The van der Waals surface area contributed by atoms with Gasteiger partial charge >= 0.3 is 0 Å². The van der Waals surface area contributed by atoms with E-state index in [0.717, 1.165) is 34.3 Å². The minimum Gasteiger partial charge on any atom is -0.492 e. The van der Waals surface area contributed by atoms with E-state index < -0.39 is 0 Å². The predicted molar refractivity (Wildman–Crippen MR) is 91.2 cm³/mol. The fourth-order valence-electron chi connectivity index (χ4n) is 2.74. The van der Waals surface area contributed by atoms with Crippen molar-refractivity contribution in [2.75, 3.05) is 18.5 Å². The molecular weight excluding hydrogens is 306 g/mol. The highest BCUT2D eigenvalue weighted by Crippen LogP contribution is 2.42. The molecule has 0 aliphatic carbocycles. The molecule has 24 heavy (non-hydrogen) atoms. The van der Waals surface area contributed by atoms with Crippen molar-refractivity contribution in [3.8, 4) is 17.2 Å². The third-order valence-corrected chi connectivity index (χ3v) is 3.89. The quantitative estimate of drug-likeness (QED) is 0.798. The molecule has 0 unspecified atom stereocenters. The Morgan fingerprint density at radius 3 is 2.88 bits per heavy atom. The Labute approximate surface area is 139 Å². The topological polar surface area (TPSA) is 63.2 Å². The Balaban J connectivity index is 1.41. The maximum Gasteiger partial charge on any atom is 0.248 e. The molecular formula is C18H17N3O3.